The van der Waals surface area contributed by atoms with Gasteiger partial charge in [-0.1, -0.05) is 43.7 Å². The Balaban J connectivity index is 3.44. The lowest BCUT2D eigenvalue weighted by atomic mass is 10.0. The van der Waals surface area contributed by atoms with Crippen LogP contribution in [0.3, 0.4) is 0 Å². The van der Waals surface area contributed by atoms with Gasteiger partial charge in [-0.15, -0.1) is 0 Å². The van der Waals surface area contributed by atoms with E-state index in [1.54, 1.807) is 7.05 Å². The summed E-state index contributed by atoms with van der Waals surface area (Å²) < 4.78 is 17.5. The van der Waals surface area contributed by atoms with Gasteiger partial charge in [0.1, 0.15) is 0 Å². The molecule has 0 saturated carbocycles. The van der Waals surface area contributed by atoms with E-state index in [-0.39, 0.29) is 5.92 Å². The van der Waals surface area contributed by atoms with Crippen LogP contribution in [0.5, 0.6) is 0 Å². The van der Waals surface area contributed by atoms with Crippen LogP contribution < -0.4 is 0 Å². The Kier molecular flexibility index (Phi) is 5.96. The summed E-state index contributed by atoms with van der Waals surface area (Å²) in [5.74, 6) is 0.0156. The Labute approximate surface area is 122 Å². The average molecular weight is 295 g/mol. The Morgan fingerprint density at radius 1 is 1.25 bits per heavy atom. The molecule has 3 nitrogen and oxygen atoms in total. The van der Waals surface area contributed by atoms with Gasteiger partial charge in [-0.3, -0.25) is 0 Å². The third kappa shape index (κ3) is 3.70. The van der Waals surface area contributed by atoms with Crippen molar-refractivity contribution >= 4 is 9.73 Å². The van der Waals surface area contributed by atoms with Crippen molar-refractivity contribution in [3.05, 3.63) is 42.0 Å². The zero-order valence-corrected chi connectivity index (χ0v) is 13.7. The van der Waals surface area contributed by atoms with E-state index >= 15 is 0 Å². The van der Waals surface area contributed by atoms with E-state index in [1.165, 1.54) is 0 Å². The fraction of sp³-hybridized carbons (Fsp3) is 0.500. The van der Waals surface area contributed by atoms with Gasteiger partial charge in [-0.25, -0.2) is 8.57 Å². The van der Waals surface area contributed by atoms with Gasteiger partial charge in [0.15, 0.2) is 0 Å². The molecule has 1 aromatic carbocycles. The molecule has 1 unspecified atom stereocenters. The molecule has 0 heterocycles. The lowest BCUT2D eigenvalue weighted by Crippen LogP contribution is -2.36. The van der Waals surface area contributed by atoms with E-state index < -0.39 is 21.1 Å². The summed E-state index contributed by atoms with van der Waals surface area (Å²) in [6.07, 6.45) is 1.19. The van der Waals surface area contributed by atoms with Crippen LogP contribution in [0.15, 0.2) is 51.2 Å². The zero-order valence-electron chi connectivity index (χ0n) is 12.9. The van der Waals surface area contributed by atoms with Crippen molar-refractivity contribution in [3.63, 3.8) is 0 Å². The van der Waals surface area contributed by atoms with Crippen molar-refractivity contribution in [2.24, 2.45) is 10.3 Å². The fourth-order valence-corrected chi connectivity index (χ4v) is 4.55. The molecule has 1 N–H and O–H groups in total. The summed E-state index contributed by atoms with van der Waals surface area (Å²) in [4.78, 5) is 0.671. The highest BCUT2D eigenvalue weighted by molar-refractivity contribution is 7.94. The smallest absolute Gasteiger partial charge is 0.0918 e. The van der Waals surface area contributed by atoms with E-state index in [4.69, 9.17) is 0 Å². The molecular weight excluding hydrogens is 270 g/mol. The summed E-state index contributed by atoms with van der Waals surface area (Å²) in [7, 11) is -1.12. The first-order valence-corrected chi connectivity index (χ1v) is 8.43. The largest absolute Gasteiger partial charge is 0.391 e. The van der Waals surface area contributed by atoms with Gasteiger partial charge in [0, 0.05) is 11.9 Å². The minimum Gasteiger partial charge on any atom is -0.391 e. The van der Waals surface area contributed by atoms with Crippen molar-refractivity contribution in [2.45, 2.75) is 43.9 Å². The molecule has 0 amide bonds. The van der Waals surface area contributed by atoms with Gasteiger partial charge in [-0.2, -0.15) is 0 Å². The quantitative estimate of drug-likeness (QED) is 0.845. The number of nitrogens with zero attached hydrogens (tertiary/aromatic N) is 1. The second kappa shape index (κ2) is 7.04. The molecule has 0 radical (unpaired) electrons. The van der Waals surface area contributed by atoms with Crippen LogP contribution in [0.25, 0.3) is 0 Å². The van der Waals surface area contributed by atoms with Crippen molar-refractivity contribution in [3.8, 4) is 0 Å². The second-order valence-electron chi connectivity index (χ2n) is 5.51. The van der Waals surface area contributed by atoms with Crippen LogP contribution in [-0.2, 0) is 9.73 Å². The number of rotatable bonds is 5. The van der Waals surface area contributed by atoms with Gasteiger partial charge < -0.3 is 5.11 Å². The molecule has 0 aliphatic carbocycles. The highest BCUT2D eigenvalue weighted by Gasteiger charge is 2.31. The molecule has 0 aliphatic rings. The van der Waals surface area contributed by atoms with Crippen molar-refractivity contribution in [1.29, 1.82) is 0 Å². The Bertz CT molecular complexity index is 565. The van der Waals surface area contributed by atoms with E-state index in [0.717, 1.165) is 5.57 Å². The number of hydrogen-bond donors (Lipinski definition) is 1. The number of aliphatic hydroxyl groups excluding tert-OH is 1. The Morgan fingerprint density at radius 3 is 2.20 bits per heavy atom. The summed E-state index contributed by atoms with van der Waals surface area (Å²) >= 11 is 0. The van der Waals surface area contributed by atoms with Crippen LogP contribution >= 0.6 is 0 Å². The summed E-state index contributed by atoms with van der Waals surface area (Å²) in [5.41, 5.74) is 1.03. The van der Waals surface area contributed by atoms with Gasteiger partial charge >= 0.3 is 0 Å². The summed E-state index contributed by atoms with van der Waals surface area (Å²) in [6, 6.07) is 9.21. The van der Waals surface area contributed by atoms with Gasteiger partial charge in [0.2, 0.25) is 0 Å². The first-order valence-electron chi connectivity index (χ1n) is 6.85. The number of allylic oxidation sites excluding steroid dienone is 1. The topological polar surface area (TPSA) is 49.7 Å². The summed E-state index contributed by atoms with van der Waals surface area (Å²) in [6.45, 7) is 7.75. The maximum Gasteiger partial charge on any atom is 0.0918 e. The molecule has 0 saturated heterocycles. The number of hydrogen-bond acceptors (Lipinski definition) is 3. The van der Waals surface area contributed by atoms with E-state index in [2.05, 4.69) is 4.36 Å². The molecule has 0 bridgehead atoms. The van der Waals surface area contributed by atoms with Crippen molar-refractivity contribution < 1.29 is 9.32 Å². The van der Waals surface area contributed by atoms with Gasteiger partial charge in [0.05, 0.1) is 21.1 Å². The number of benzene rings is 1. The molecule has 0 fully saturated rings. The predicted molar refractivity (Wildman–Crippen MR) is 85.3 cm³/mol. The first kappa shape index (κ1) is 16.9. The second-order valence-corrected chi connectivity index (χ2v) is 8.03. The van der Waals surface area contributed by atoms with E-state index in [9.17, 15) is 9.32 Å². The lowest BCUT2D eigenvalue weighted by molar-refractivity contribution is 0.131. The Hall–Kier alpha value is -1.13. The Morgan fingerprint density at radius 2 is 1.80 bits per heavy atom. The molecule has 3 atom stereocenters. The SMILES string of the molecule is CN=S(=O)(c1ccccc1)[C@H](C=C(C)C)[C@H](O)C(C)C. The highest BCUT2D eigenvalue weighted by atomic mass is 32.2. The van der Waals surface area contributed by atoms with E-state index in [0.29, 0.717) is 4.90 Å². The monoisotopic (exact) mass is 295 g/mol. The predicted octanol–water partition coefficient (Wildman–Crippen LogP) is 3.50. The van der Waals surface area contributed by atoms with Crippen LogP contribution in [0, 0.1) is 5.92 Å². The molecule has 20 heavy (non-hydrogen) atoms. The normalized spacial score (nSPS) is 17.1. The van der Waals surface area contributed by atoms with Crippen LogP contribution in [0.2, 0.25) is 0 Å². The van der Waals surface area contributed by atoms with Crippen LogP contribution in [0.4, 0.5) is 0 Å². The molecule has 112 valence electrons. The fourth-order valence-electron chi connectivity index (χ4n) is 2.09. The minimum absolute atomic E-state index is 0.0156. The summed E-state index contributed by atoms with van der Waals surface area (Å²) in [5, 5.41) is 9.98. The molecule has 1 rings (SSSR count). The van der Waals surface area contributed by atoms with Crippen molar-refractivity contribution in [1.82, 2.24) is 0 Å². The van der Waals surface area contributed by atoms with Gasteiger partial charge in [0.25, 0.3) is 0 Å². The highest BCUT2D eigenvalue weighted by Crippen LogP contribution is 2.26. The van der Waals surface area contributed by atoms with Crippen molar-refractivity contribution in [2.75, 3.05) is 7.05 Å². The van der Waals surface area contributed by atoms with Gasteiger partial charge in [-0.05, 0) is 31.9 Å². The lowest BCUT2D eigenvalue weighted by Gasteiger charge is -2.27. The third-order valence-electron chi connectivity index (χ3n) is 3.24. The zero-order chi connectivity index (χ0) is 15.3. The maximum atomic E-state index is 13.4. The molecular formula is C16H25NO2S. The molecule has 0 aliphatic heterocycles. The minimum atomic E-state index is -2.69. The van der Waals surface area contributed by atoms with Crippen LogP contribution in [0.1, 0.15) is 27.7 Å². The molecule has 0 spiro atoms. The molecule has 1 aromatic rings. The molecule has 4 heteroatoms. The number of aliphatic hydroxyl groups is 1. The standard InChI is InChI=1S/C16H25NO2S/c1-12(2)11-15(16(18)13(3)4)20(19,17-5)14-9-7-6-8-10-14/h6-11,13,15-16,18H,1-5H3/t15-,16-,20?/m1/s1. The third-order valence-corrected chi connectivity index (χ3v) is 5.88. The maximum absolute atomic E-state index is 13.4. The van der Waals surface area contributed by atoms with E-state index in [1.807, 2.05) is 64.1 Å². The first-order chi connectivity index (χ1) is 9.32. The molecule has 0 aromatic heterocycles. The average Bonchev–Trinajstić information content (AvgIpc) is 2.43. The van der Waals surface area contributed by atoms with Crippen LogP contribution in [-0.4, -0.2) is 27.7 Å².